The van der Waals surface area contributed by atoms with Gasteiger partial charge in [-0.25, -0.2) is 14.3 Å². The van der Waals surface area contributed by atoms with Crippen LogP contribution in [0.5, 0.6) is 11.5 Å². The number of methoxy groups -OCH3 is 2. The first-order valence-electron chi connectivity index (χ1n) is 26.0. The Morgan fingerprint density at radius 3 is 1.86 bits per heavy atom. The van der Waals surface area contributed by atoms with Crippen molar-refractivity contribution in [2.75, 3.05) is 72.3 Å². The van der Waals surface area contributed by atoms with E-state index in [2.05, 4.69) is 72.2 Å². The molecule has 17 nitrogen and oxygen atoms in total. The molecule has 2 heterocycles. The molecule has 0 spiro atoms. The number of anilines is 1. The molecule has 1 saturated heterocycles. The number of hydrogen-bond acceptors (Lipinski definition) is 14. The average Bonchev–Trinajstić information content (AvgIpc) is 4.02. The Morgan fingerprint density at radius 1 is 0.727 bits per heavy atom. The van der Waals surface area contributed by atoms with Crippen LogP contribution in [0, 0.1) is 0 Å². The van der Waals surface area contributed by atoms with Crippen molar-refractivity contribution in [2.45, 2.75) is 83.1 Å². The van der Waals surface area contributed by atoms with Crippen LogP contribution in [0.2, 0.25) is 0 Å². The maximum Gasteiger partial charge on any atom is 0.407 e. The topological polar surface area (TPSA) is 179 Å². The van der Waals surface area contributed by atoms with E-state index < -0.39 is 44.3 Å². The number of amides is 2. The number of alkyl carbamates (subject to hydrolysis) is 1. The summed E-state index contributed by atoms with van der Waals surface area (Å²) in [6.45, 7) is 11.6. The molecule has 0 radical (unpaired) electrons. The van der Waals surface area contributed by atoms with Crippen molar-refractivity contribution in [3.05, 3.63) is 178 Å². The van der Waals surface area contributed by atoms with Crippen molar-refractivity contribution in [1.29, 1.82) is 0 Å². The fourth-order valence-electron chi connectivity index (χ4n) is 9.91. The van der Waals surface area contributed by atoms with Crippen molar-refractivity contribution in [1.82, 2.24) is 19.5 Å². The second kappa shape index (κ2) is 27.2. The monoisotopic (exact) mass is 1070 g/mol. The van der Waals surface area contributed by atoms with Gasteiger partial charge in [0.2, 0.25) is 5.91 Å². The van der Waals surface area contributed by atoms with Gasteiger partial charge in [-0.05, 0) is 97.0 Å². The van der Waals surface area contributed by atoms with Crippen LogP contribution in [-0.4, -0.2) is 118 Å². The van der Waals surface area contributed by atoms with Crippen molar-refractivity contribution in [3.8, 4) is 22.6 Å². The molecular weight excluding hydrogens is 1000 g/mol. The van der Waals surface area contributed by atoms with Crippen LogP contribution >= 0.6 is 8.53 Å². The minimum absolute atomic E-state index is 0.0110. The zero-order chi connectivity index (χ0) is 54.3. The zero-order valence-electron chi connectivity index (χ0n) is 44.8. The maximum absolute atomic E-state index is 13.6. The summed E-state index contributed by atoms with van der Waals surface area (Å²) in [6.07, 6.45) is -0.885. The van der Waals surface area contributed by atoms with Gasteiger partial charge in [-0.2, -0.15) is 4.98 Å². The van der Waals surface area contributed by atoms with Gasteiger partial charge >= 0.3 is 11.8 Å². The van der Waals surface area contributed by atoms with Crippen molar-refractivity contribution >= 4 is 26.3 Å². The van der Waals surface area contributed by atoms with Crippen LogP contribution in [0.1, 0.15) is 81.0 Å². The highest BCUT2D eigenvalue weighted by Crippen LogP contribution is 2.51. The van der Waals surface area contributed by atoms with Crippen LogP contribution in [0.25, 0.3) is 11.1 Å². The number of rotatable bonds is 27. The quantitative estimate of drug-likeness (QED) is 0.0283. The van der Waals surface area contributed by atoms with Gasteiger partial charge in [0.25, 0.3) is 8.53 Å². The highest BCUT2D eigenvalue weighted by Gasteiger charge is 2.45. The van der Waals surface area contributed by atoms with E-state index in [-0.39, 0.29) is 75.7 Å². The van der Waals surface area contributed by atoms with Gasteiger partial charge in [0.05, 0.1) is 60.0 Å². The summed E-state index contributed by atoms with van der Waals surface area (Å²) in [5, 5.41) is 5.37. The summed E-state index contributed by atoms with van der Waals surface area (Å²) in [5.41, 5.74) is 5.42. The lowest BCUT2D eigenvalue weighted by Gasteiger charge is -2.39. The molecule has 408 valence electrons. The van der Waals surface area contributed by atoms with E-state index in [9.17, 15) is 14.4 Å². The molecule has 8 rings (SSSR count). The minimum atomic E-state index is -1.75. The summed E-state index contributed by atoms with van der Waals surface area (Å²) in [6, 6.07) is 43.6. The van der Waals surface area contributed by atoms with Gasteiger partial charge in [-0.1, -0.05) is 103 Å². The van der Waals surface area contributed by atoms with E-state index in [1.807, 2.05) is 103 Å². The summed E-state index contributed by atoms with van der Waals surface area (Å²) < 4.78 is 60.0. The number of carbonyl (C=O) groups excluding carboxylic acids is 2. The Bertz CT molecular complexity index is 2810. The number of carbonyl (C=O) groups is 2. The third-order valence-corrected chi connectivity index (χ3v) is 15.6. The first-order chi connectivity index (χ1) is 37.4. The number of aromatic nitrogens is 2. The fraction of sp³-hybridized carbons (Fsp3) is 0.390. The number of ether oxygens (including phenoxy) is 7. The SMILES string of the molecule is COc1ccc(C(OCC2OC(n3ccc(NC(C)=O)nc3=O)CC2OP(OCCOCCOCCNC(=O)OCC2c3ccccc3-c3ccccc32)N(C(C)C)C(C)C)(c2ccccc2)c2ccc(OC)cc2)cc1. The Morgan fingerprint density at radius 2 is 1.29 bits per heavy atom. The standard InChI is InChI=1S/C59H70N5O12P/c1-40(2)64(41(3)4)77(74-36-35-71-34-33-70-32-30-60-58(67)72-38-52-50-19-13-11-17-48(50)49-18-12-14-20-51(49)52)76-53-37-56(63-31-29-55(61-42(5)65)62-57(63)66)75-54(53)39-73-59(43-15-9-8-10-16-43,44-21-25-46(68-6)26-22-44)45-23-27-47(69-7)28-24-45/h8-29,31,40-41,52-54,56H,30,32-39H2,1-7H3,(H,60,67)(H,61,62,65,66). The smallest absolute Gasteiger partial charge is 0.407 e. The van der Waals surface area contributed by atoms with Crippen LogP contribution < -0.4 is 25.8 Å². The largest absolute Gasteiger partial charge is 0.497 e. The third kappa shape index (κ3) is 14.0. The molecule has 5 aromatic carbocycles. The first-order valence-corrected chi connectivity index (χ1v) is 27.2. The van der Waals surface area contributed by atoms with E-state index in [4.69, 9.17) is 42.2 Å². The lowest BCUT2D eigenvalue weighted by atomic mass is 9.80. The Balaban J connectivity index is 0.923. The second-order valence-corrected chi connectivity index (χ2v) is 20.5. The molecule has 77 heavy (non-hydrogen) atoms. The van der Waals surface area contributed by atoms with Crippen molar-refractivity contribution in [2.24, 2.45) is 0 Å². The van der Waals surface area contributed by atoms with Gasteiger partial charge in [0.15, 0.2) is 0 Å². The van der Waals surface area contributed by atoms with E-state index in [0.29, 0.717) is 24.7 Å². The molecule has 2 amide bonds. The molecule has 1 fully saturated rings. The van der Waals surface area contributed by atoms with Gasteiger partial charge in [-0.3, -0.25) is 9.36 Å². The molecule has 18 heteroatoms. The molecule has 1 aromatic heterocycles. The Labute approximate surface area is 452 Å². The number of benzene rings is 5. The fourth-order valence-corrected chi connectivity index (χ4v) is 11.6. The van der Waals surface area contributed by atoms with Crippen LogP contribution in [0.4, 0.5) is 10.6 Å². The van der Waals surface area contributed by atoms with Gasteiger partial charge < -0.3 is 52.8 Å². The molecule has 1 aliphatic heterocycles. The van der Waals surface area contributed by atoms with Crippen LogP contribution in [0.15, 0.2) is 144 Å². The predicted molar refractivity (Wildman–Crippen MR) is 294 cm³/mol. The molecule has 0 bridgehead atoms. The summed E-state index contributed by atoms with van der Waals surface area (Å²) in [5.74, 6) is 1.14. The zero-order valence-corrected chi connectivity index (χ0v) is 45.7. The number of nitrogens with one attached hydrogen (secondary N) is 2. The van der Waals surface area contributed by atoms with E-state index in [0.717, 1.165) is 27.8 Å². The molecule has 1 aliphatic carbocycles. The predicted octanol–water partition coefficient (Wildman–Crippen LogP) is 9.83. The third-order valence-electron chi connectivity index (χ3n) is 13.4. The summed E-state index contributed by atoms with van der Waals surface area (Å²) in [7, 11) is 1.51. The van der Waals surface area contributed by atoms with Crippen LogP contribution in [-0.2, 0) is 43.1 Å². The molecule has 4 unspecified atom stereocenters. The normalized spacial score (nSPS) is 16.6. The Kier molecular flexibility index (Phi) is 20.0. The number of nitrogens with zero attached hydrogens (tertiary/aromatic N) is 3. The van der Waals surface area contributed by atoms with E-state index in [1.54, 1.807) is 26.5 Å². The first kappa shape index (κ1) is 56.7. The molecular formula is C59H70N5O12P. The summed E-state index contributed by atoms with van der Waals surface area (Å²) in [4.78, 5) is 42.3. The highest BCUT2D eigenvalue weighted by molar-refractivity contribution is 7.44. The molecule has 4 atom stereocenters. The maximum atomic E-state index is 13.6. The van der Waals surface area contributed by atoms with Crippen molar-refractivity contribution < 1.29 is 51.8 Å². The van der Waals surface area contributed by atoms with Gasteiger partial charge in [0, 0.05) is 44.1 Å². The van der Waals surface area contributed by atoms with E-state index >= 15 is 0 Å². The average molecular weight is 1070 g/mol. The summed E-state index contributed by atoms with van der Waals surface area (Å²) >= 11 is 0. The van der Waals surface area contributed by atoms with Gasteiger partial charge in [0.1, 0.15) is 41.9 Å². The molecule has 6 aromatic rings. The van der Waals surface area contributed by atoms with Crippen LogP contribution in [0.3, 0.4) is 0 Å². The lowest BCUT2D eigenvalue weighted by Crippen LogP contribution is -2.39. The molecule has 0 saturated carbocycles. The lowest BCUT2D eigenvalue weighted by molar-refractivity contribution is -0.114. The Hall–Kier alpha value is -6.53. The number of fused-ring (bicyclic) bond motifs is 3. The van der Waals surface area contributed by atoms with Gasteiger partial charge in [-0.15, -0.1) is 0 Å². The molecule has 2 aliphatic rings. The number of hydrogen-bond donors (Lipinski definition) is 2. The van der Waals surface area contributed by atoms with E-state index in [1.165, 1.54) is 22.6 Å². The van der Waals surface area contributed by atoms with Crippen molar-refractivity contribution in [3.63, 3.8) is 0 Å². The minimum Gasteiger partial charge on any atom is -0.497 e. The molecule has 2 N–H and O–H groups in total. The second-order valence-electron chi connectivity index (χ2n) is 19.1. The highest BCUT2D eigenvalue weighted by atomic mass is 31.2.